The molecule has 0 aliphatic rings. The summed E-state index contributed by atoms with van der Waals surface area (Å²) in [6.07, 6.45) is 3.11. The van der Waals surface area contributed by atoms with Gasteiger partial charge in [0.2, 0.25) is 0 Å². The number of carbonyl (C=O) groups excluding carboxylic acids is 1. The van der Waals surface area contributed by atoms with E-state index >= 15 is 0 Å². The summed E-state index contributed by atoms with van der Waals surface area (Å²) in [4.78, 5) is 20.4. The Balaban J connectivity index is 2.50. The Bertz CT molecular complexity index is 368. The maximum atomic E-state index is 11.6. The molecule has 0 atom stereocenters. The summed E-state index contributed by atoms with van der Waals surface area (Å²) >= 11 is 4.35. The van der Waals surface area contributed by atoms with Gasteiger partial charge in [0.05, 0.1) is 24.5 Å². The average molecular weight is 239 g/mol. The summed E-state index contributed by atoms with van der Waals surface area (Å²) in [5.41, 5.74) is -0.104. The van der Waals surface area contributed by atoms with E-state index in [2.05, 4.69) is 27.3 Å². The van der Waals surface area contributed by atoms with Crippen molar-refractivity contribution < 1.29 is 9.63 Å². The van der Waals surface area contributed by atoms with E-state index in [4.69, 9.17) is 4.84 Å². The van der Waals surface area contributed by atoms with Gasteiger partial charge in [-0.15, -0.1) is 0 Å². The first kappa shape index (κ1) is 12.5. The van der Waals surface area contributed by atoms with E-state index in [9.17, 15) is 4.79 Å². The van der Waals surface area contributed by atoms with Gasteiger partial charge in [0.25, 0.3) is 5.91 Å². The van der Waals surface area contributed by atoms with Crippen LogP contribution in [0.3, 0.4) is 0 Å². The van der Waals surface area contributed by atoms with Crippen LogP contribution in [0.1, 0.15) is 24.2 Å². The number of nitrogens with zero attached hydrogens (tertiary/aromatic N) is 2. The predicted molar refractivity (Wildman–Crippen MR) is 61.5 cm³/mol. The van der Waals surface area contributed by atoms with Crippen LogP contribution in [0.25, 0.3) is 0 Å². The summed E-state index contributed by atoms with van der Waals surface area (Å²) in [6.45, 7) is 3.89. The molecule has 1 rings (SSSR count). The van der Waals surface area contributed by atoms with Crippen LogP contribution in [-0.2, 0) is 17.3 Å². The standard InChI is InChI=1S/C10H13N3O2S/c1-10(2,15-13-16)7-12-9(14)8-4-3-5-11-6-8/h3-6H,7H2,1-2H3,(H,12,14). The van der Waals surface area contributed by atoms with Gasteiger partial charge in [-0.1, -0.05) is 0 Å². The molecule has 0 saturated heterocycles. The van der Waals surface area contributed by atoms with Crippen LogP contribution in [0.5, 0.6) is 0 Å². The van der Waals surface area contributed by atoms with Crippen molar-refractivity contribution in [3.63, 3.8) is 0 Å². The molecule has 5 nitrogen and oxygen atoms in total. The number of rotatable bonds is 5. The zero-order chi connectivity index (χ0) is 12.0. The molecular formula is C10H13N3O2S. The van der Waals surface area contributed by atoms with E-state index in [1.54, 1.807) is 32.2 Å². The molecule has 1 aromatic rings. The lowest BCUT2D eigenvalue weighted by Crippen LogP contribution is -2.39. The Kier molecular flexibility index (Phi) is 4.30. The summed E-state index contributed by atoms with van der Waals surface area (Å²) in [6, 6.07) is 3.39. The molecule has 0 aromatic carbocycles. The number of carbonyl (C=O) groups is 1. The molecular weight excluding hydrogens is 226 g/mol. The second-order valence-electron chi connectivity index (χ2n) is 3.85. The fraction of sp³-hybridized carbons (Fsp3) is 0.400. The number of hydrogen-bond donors (Lipinski definition) is 1. The zero-order valence-electron chi connectivity index (χ0n) is 9.14. The molecule has 0 fully saturated rings. The van der Waals surface area contributed by atoms with Gasteiger partial charge < -0.3 is 10.2 Å². The van der Waals surface area contributed by atoms with E-state index in [0.29, 0.717) is 12.1 Å². The molecule has 0 radical (unpaired) electrons. The minimum atomic E-state index is -0.611. The molecule has 0 saturated carbocycles. The third-order valence-corrected chi connectivity index (χ3v) is 1.96. The van der Waals surface area contributed by atoms with Crippen LogP contribution in [0.15, 0.2) is 29.1 Å². The van der Waals surface area contributed by atoms with Crippen molar-refractivity contribution >= 4 is 18.3 Å². The predicted octanol–water partition coefficient (Wildman–Crippen LogP) is 1.25. The Morgan fingerprint density at radius 3 is 3.00 bits per heavy atom. The van der Waals surface area contributed by atoms with Gasteiger partial charge in [0.15, 0.2) is 0 Å². The Morgan fingerprint density at radius 1 is 1.69 bits per heavy atom. The van der Waals surface area contributed by atoms with Crippen LogP contribution in [0.4, 0.5) is 0 Å². The first-order valence-corrected chi connectivity index (χ1v) is 5.11. The maximum absolute atomic E-state index is 11.6. The minimum absolute atomic E-state index is 0.200. The van der Waals surface area contributed by atoms with Gasteiger partial charge >= 0.3 is 0 Å². The first-order chi connectivity index (χ1) is 7.55. The Hall–Kier alpha value is -1.56. The quantitative estimate of drug-likeness (QED) is 0.785. The normalized spacial score (nSPS) is 10.6. The van der Waals surface area contributed by atoms with Crippen LogP contribution in [0.2, 0.25) is 0 Å². The maximum Gasteiger partial charge on any atom is 0.252 e. The lowest BCUT2D eigenvalue weighted by molar-refractivity contribution is -0.00777. The molecule has 16 heavy (non-hydrogen) atoms. The monoisotopic (exact) mass is 239 g/mol. The summed E-state index contributed by atoms with van der Waals surface area (Å²) in [7, 11) is 0. The van der Waals surface area contributed by atoms with E-state index in [1.807, 2.05) is 0 Å². The van der Waals surface area contributed by atoms with Gasteiger partial charge in [-0.05, 0) is 30.5 Å². The van der Waals surface area contributed by atoms with Crippen molar-refractivity contribution in [2.75, 3.05) is 6.54 Å². The molecule has 1 aromatic heterocycles. The fourth-order valence-corrected chi connectivity index (χ4v) is 1.23. The molecule has 0 bridgehead atoms. The Labute approximate surface area is 99.3 Å². The summed E-state index contributed by atoms with van der Waals surface area (Å²) < 4.78 is 3.18. The molecule has 6 heteroatoms. The minimum Gasteiger partial charge on any atom is -0.378 e. The molecule has 0 aliphatic heterocycles. The average Bonchev–Trinajstić information content (AvgIpc) is 2.27. The third kappa shape index (κ3) is 3.90. The molecule has 0 spiro atoms. The van der Waals surface area contributed by atoms with Gasteiger partial charge in [-0.3, -0.25) is 9.78 Å². The van der Waals surface area contributed by atoms with E-state index in [0.717, 1.165) is 0 Å². The molecule has 0 aliphatic carbocycles. The Morgan fingerprint density at radius 2 is 2.44 bits per heavy atom. The van der Waals surface area contributed by atoms with Crippen molar-refractivity contribution in [2.45, 2.75) is 19.4 Å². The van der Waals surface area contributed by atoms with Crippen LogP contribution in [0, 0.1) is 0 Å². The highest BCUT2D eigenvalue weighted by atomic mass is 32.1. The topological polar surface area (TPSA) is 63.6 Å². The van der Waals surface area contributed by atoms with Crippen molar-refractivity contribution in [3.8, 4) is 0 Å². The van der Waals surface area contributed by atoms with Crippen molar-refractivity contribution in [1.29, 1.82) is 0 Å². The molecule has 0 unspecified atom stereocenters. The smallest absolute Gasteiger partial charge is 0.252 e. The third-order valence-electron chi connectivity index (χ3n) is 1.88. The SMILES string of the molecule is CC(C)(CNC(=O)c1cccnc1)ON=S. The van der Waals surface area contributed by atoms with Gasteiger partial charge in [-0.2, -0.15) is 0 Å². The van der Waals surface area contributed by atoms with Gasteiger partial charge in [0.1, 0.15) is 5.60 Å². The van der Waals surface area contributed by atoms with Crippen molar-refractivity contribution in [2.24, 2.45) is 4.53 Å². The molecule has 1 heterocycles. The lowest BCUT2D eigenvalue weighted by atomic mass is 10.1. The first-order valence-electron chi connectivity index (χ1n) is 4.74. The highest BCUT2D eigenvalue weighted by molar-refractivity contribution is 7.47. The van der Waals surface area contributed by atoms with Crippen LogP contribution in [-0.4, -0.2) is 23.0 Å². The molecule has 86 valence electrons. The van der Waals surface area contributed by atoms with E-state index < -0.39 is 5.60 Å². The van der Waals surface area contributed by atoms with Gasteiger partial charge in [-0.25, -0.2) is 0 Å². The summed E-state index contributed by atoms with van der Waals surface area (Å²) in [5, 5.41) is 2.71. The molecule has 1 N–H and O–H groups in total. The number of nitrogens with one attached hydrogen (secondary N) is 1. The van der Waals surface area contributed by atoms with Crippen molar-refractivity contribution in [3.05, 3.63) is 30.1 Å². The number of pyridine rings is 1. The van der Waals surface area contributed by atoms with E-state index in [1.165, 1.54) is 6.20 Å². The number of hydrogen-bond acceptors (Lipinski definition) is 5. The van der Waals surface area contributed by atoms with Crippen LogP contribution >= 0.6 is 0 Å². The highest BCUT2D eigenvalue weighted by Crippen LogP contribution is 2.07. The highest BCUT2D eigenvalue weighted by Gasteiger charge is 2.21. The second-order valence-corrected chi connectivity index (χ2v) is 4.00. The number of amides is 1. The second kappa shape index (κ2) is 5.50. The van der Waals surface area contributed by atoms with Gasteiger partial charge in [0, 0.05) is 12.4 Å². The summed E-state index contributed by atoms with van der Waals surface area (Å²) in [5.74, 6) is -0.200. The zero-order valence-corrected chi connectivity index (χ0v) is 9.95. The molecule has 1 amide bonds. The number of aromatic nitrogens is 1. The largest absolute Gasteiger partial charge is 0.378 e. The van der Waals surface area contributed by atoms with E-state index in [-0.39, 0.29) is 5.91 Å². The van der Waals surface area contributed by atoms with Crippen LogP contribution < -0.4 is 5.32 Å². The fourth-order valence-electron chi connectivity index (χ4n) is 1.03. The lowest BCUT2D eigenvalue weighted by Gasteiger charge is -2.21. The van der Waals surface area contributed by atoms with Crippen molar-refractivity contribution in [1.82, 2.24) is 10.3 Å².